The molecule has 0 heterocycles. The molecule has 0 aromatic carbocycles. The van der Waals surface area contributed by atoms with Gasteiger partial charge in [0.1, 0.15) is 0 Å². The predicted molar refractivity (Wildman–Crippen MR) is 68.0 cm³/mol. The zero-order chi connectivity index (χ0) is 13.1. The highest BCUT2D eigenvalue weighted by Gasteiger charge is 2.48. The van der Waals surface area contributed by atoms with Gasteiger partial charge in [0.15, 0.2) is 0 Å². The maximum atomic E-state index is 11.8. The van der Waals surface area contributed by atoms with Crippen molar-refractivity contribution in [1.82, 2.24) is 5.32 Å². The Morgan fingerprint density at radius 3 is 2.33 bits per heavy atom. The molecule has 2 fully saturated rings. The molecule has 2 rings (SSSR count). The Bertz CT molecular complexity index is 321. The number of carbonyl (C=O) groups is 2. The van der Waals surface area contributed by atoms with E-state index in [4.69, 9.17) is 5.11 Å². The van der Waals surface area contributed by atoms with Crippen molar-refractivity contribution in [3.05, 3.63) is 0 Å². The third-order valence-corrected chi connectivity index (χ3v) is 4.33. The summed E-state index contributed by atoms with van der Waals surface area (Å²) in [6.07, 6.45) is 7.57. The van der Waals surface area contributed by atoms with Crippen LogP contribution in [0.5, 0.6) is 0 Å². The summed E-state index contributed by atoms with van der Waals surface area (Å²) in [6, 6.07) is 0.278. The highest BCUT2D eigenvalue weighted by Crippen LogP contribution is 2.39. The molecule has 18 heavy (non-hydrogen) atoms. The zero-order valence-electron chi connectivity index (χ0n) is 11.0. The molecule has 0 radical (unpaired) electrons. The molecule has 0 aromatic rings. The molecule has 102 valence electrons. The molecule has 0 unspecified atom stereocenters. The van der Waals surface area contributed by atoms with Crippen LogP contribution in [0.15, 0.2) is 0 Å². The number of nitrogens with one attached hydrogen (secondary N) is 1. The van der Waals surface area contributed by atoms with E-state index in [2.05, 4.69) is 12.2 Å². The number of aliphatic carboxylic acids is 1. The smallest absolute Gasteiger partial charge is 0.307 e. The molecular formula is C14H23NO3. The van der Waals surface area contributed by atoms with E-state index in [9.17, 15) is 9.59 Å². The van der Waals surface area contributed by atoms with Gasteiger partial charge >= 0.3 is 5.97 Å². The highest BCUT2D eigenvalue weighted by molar-refractivity contribution is 5.89. The van der Waals surface area contributed by atoms with E-state index in [-0.39, 0.29) is 17.9 Å². The molecule has 2 atom stereocenters. The zero-order valence-corrected chi connectivity index (χ0v) is 11.0. The normalized spacial score (nSPS) is 34.9. The largest absolute Gasteiger partial charge is 0.481 e. The Balaban J connectivity index is 1.69. The standard InChI is InChI=1S/C14H23NO3/c1-2-3-9-4-6-10(7-5-9)15-13(16)11-8-12(11)14(17)18/h9-12H,2-8H2,1H3,(H,15,16)(H,17,18)/t9?,10?,11-,12+/m1/s1. The lowest BCUT2D eigenvalue weighted by molar-refractivity contribution is -0.140. The van der Waals surface area contributed by atoms with Crippen molar-refractivity contribution in [2.24, 2.45) is 17.8 Å². The van der Waals surface area contributed by atoms with E-state index < -0.39 is 11.9 Å². The van der Waals surface area contributed by atoms with Crippen LogP contribution in [-0.4, -0.2) is 23.0 Å². The van der Waals surface area contributed by atoms with Crippen LogP contribution in [-0.2, 0) is 9.59 Å². The molecule has 0 spiro atoms. The molecule has 0 saturated heterocycles. The van der Waals surface area contributed by atoms with Crippen molar-refractivity contribution in [1.29, 1.82) is 0 Å². The first-order valence-electron chi connectivity index (χ1n) is 7.15. The summed E-state index contributed by atoms with van der Waals surface area (Å²) in [5.74, 6) is -0.740. The number of carboxylic acid groups (broad SMARTS) is 1. The van der Waals surface area contributed by atoms with Crippen LogP contribution in [0.1, 0.15) is 51.9 Å². The van der Waals surface area contributed by atoms with Gasteiger partial charge in [-0.2, -0.15) is 0 Å². The number of hydrogen-bond acceptors (Lipinski definition) is 2. The van der Waals surface area contributed by atoms with Crippen molar-refractivity contribution in [3.8, 4) is 0 Å². The first-order chi connectivity index (χ1) is 8.61. The first kappa shape index (κ1) is 13.4. The minimum atomic E-state index is -0.832. The highest BCUT2D eigenvalue weighted by atomic mass is 16.4. The molecule has 1 amide bonds. The van der Waals surface area contributed by atoms with Gasteiger partial charge in [-0.05, 0) is 38.0 Å². The lowest BCUT2D eigenvalue weighted by atomic mass is 9.83. The monoisotopic (exact) mass is 253 g/mol. The summed E-state index contributed by atoms with van der Waals surface area (Å²) in [4.78, 5) is 22.5. The third-order valence-electron chi connectivity index (χ3n) is 4.33. The lowest BCUT2D eigenvalue weighted by Gasteiger charge is -2.29. The van der Waals surface area contributed by atoms with Crippen LogP contribution in [0.25, 0.3) is 0 Å². The van der Waals surface area contributed by atoms with E-state index in [0.717, 1.165) is 18.8 Å². The summed E-state index contributed by atoms with van der Waals surface area (Å²) in [5.41, 5.74) is 0. The van der Waals surface area contributed by atoms with E-state index in [0.29, 0.717) is 6.42 Å². The average Bonchev–Trinajstić information content (AvgIpc) is 3.12. The Morgan fingerprint density at radius 1 is 1.17 bits per heavy atom. The van der Waals surface area contributed by atoms with E-state index in [1.165, 1.54) is 25.7 Å². The van der Waals surface area contributed by atoms with Gasteiger partial charge in [0.05, 0.1) is 11.8 Å². The number of rotatable bonds is 5. The molecule has 2 aliphatic carbocycles. The molecule has 0 bridgehead atoms. The fourth-order valence-corrected chi connectivity index (χ4v) is 3.07. The van der Waals surface area contributed by atoms with Crippen LogP contribution in [0, 0.1) is 17.8 Å². The maximum Gasteiger partial charge on any atom is 0.307 e. The van der Waals surface area contributed by atoms with Gasteiger partial charge in [0.2, 0.25) is 5.91 Å². The molecule has 4 heteroatoms. The Morgan fingerprint density at radius 2 is 1.83 bits per heavy atom. The van der Waals surface area contributed by atoms with Crippen molar-refractivity contribution in [2.45, 2.75) is 57.9 Å². The van der Waals surface area contributed by atoms with Crippen molar-refractivity contribution in [2.75, 3.05) is 0 Å². The molecule has 2 saturated carbocycles. The summed E-state index contributed by atoms with van der Waals surface area (Å²) in [5, 5.41) is 11.8. The molecule has 0 aliphatic heterocycles. The third kappa shape index (κ3) is 3.24. The lowest BCUT2D eigenvalue weighted by Crippen LogP contribution is -2.39. The SMILES string of the molecule is CCCC1CCC(NC(=O)[C@@H]2C[C@@H]2C(=O)O)CC1. The van der Waals surface area contributed by atoms with Crippen LogP contribution in [0.3, 0.4) is 0 Å². The van der Waals surface area contributed by atoms with E-state index in [1.807, 2.05) is 0 Å². The first-order valence-corrected chi connectivity index (χ1v) is 7.15. The minimum Gasteiger partial charge on any atom is -0.481 e. The fraction of sp³-hybridized carbons (Fsp3) is 0.857. The van der Waals surface area contributed by atoms with Crippen LogP contribution >= 0.6 is 0 Å². The van der Waals surface area contributed by atoms with Crippen LogP contribution in [0.2, 0.25) is 0 Å². The van der Waals surface area contributed by atoms with Gasteiger partial charge in [-0.3, -0.25) is 9.59 Å². The number of hydrogen-bond donors (Lipinski definition) is 2. The summed E-state index contributed by atoms with van der Waals surface area (Å²) in [6.45, 7) is 2.22. The molecular weight excluding hydrogens is 230 g/mol. The van der Waals surface area contributed by atoms with Crippen LogP contribution in [0.4, 0.5) is 0 Å². The topological polar surface area (TPSA) is 66.4 Å². The number of carbonyl (C=O) groups excluding carboxylic acids is 1. The summed E-state index contributed by atoms with van der Waals surface area (Å²) < 4.78 is 0. The van der Waals surface area contributed by atoms with Crippen molar-refractivity contribution < 1.29 is 14.7 Å². The number of amides is 1. The maximum absolute atomic E-state index is 11.8. The van der Waals surface area contributed by atoms with Gasteiger partial charge in [0, 0.05) is 6.04 Å². The van der Waals surface area contributed by atoms with Crippen molar-refractivity contribution >= 4 is 11.9 Å². The van der Waals surface area contributed by atoms with E-state index in [1.54, 1.807) is 0 Å². The quantitative estimate of drug-likeness (QED) is 0.789. The van der Waals surface area contributed by atoms with Gasteiger partial charge in [-0.25, -0.2) is 0 Å². The Kier molecular flexibility index (Phi) is 4.25. The predicted octanol–water partition coefficient (Wildman–Crippen LogP) is 2.18. The minimum absolute atomic E-state index is 0.0404. The fourth-order valence-electron chi connectivity index (χ4n) is 3.07. The Labute approximate surface area is 108 Å². The number of carboxylic acids is 1. The van der Waals surface area contributed by atoms with Crippen molar-refractivity contribution in [3.63, 3.8) is 0 Å². The van der Waals surface area contributed by atoms with Gasteiger partial charge in [0.25, 0.3) is 0 Å². The molecule has 4 nitrogen and oxygen atoms in total. The van der Waals surface area contributed by atoms with Gasteiger partial charge in [-0.15, -0.1) is 0 Å². The van der Waals surface area contributed by atoms with Gasteiger partial charge in [-0.1, -0.05) is 19.8 Å². The summed E-state index contributed by atoms with van der Waals surface area (Å²) >= 11 is 0. The molecule has 0 aromatic heterocycles. The Hall–Kier alpha value is -1.06. The second kappa shape index (κ2) is 5.72. The average molecular weight is 253 g/mol. The summed E-state index contributed by atoms with van der Waals surface area (Å²) in [7, 11) is 0. The van der Waals surface area contributed by atoms with Gasteiger partial charge < -0.3 is 10.4 Å². The molecule has 2 aliphatic rings. The second-order valence-corrected chi connectivity index (χ2v) is 5.80. The molecule has 2 N–H and O–H groups in total. The van der Waals surface area contributed by atoms with Crippen LogP contribution < -0.4 is 5.32 Å². The van der Waals surface area contributed by atoms with E-state index >= 15 is 0 Å². The second-order valence-electron chi connectivity index (χ2n) is 5.80.